The van der Waals surface area contributed by atoms with Gasteiger partial charge in [-0.05, 0) is 47.4 Å². The normalized spacial score (nSPS) is 11.3. The number of hydrazone groups is 1. The van der Waals surface area contributed by atoms with E-state index < -0.39 is 28.2 Å². The van der Waals surface area contributed by atoms with Gasteiger partial charge in [-0.2, -0.15) is 5.10 Å². The van der Waals surface area contributed by atoms with Crippen LogP contribution in [-0.2, 0) is 4.79 Å². The Morgan fingerprint density at radius 1 is 1.10 bits per heavy atom. The van der Waals surface area contributed by atoms with Crippen molar-refractivity contribution in [1.82, 2.24) is 10.7 Å². The van der Waals surface area contributed by atoms with Crippen LogP contribution in [0.3, 0.4) is 0 Å². The smallest absolute Gasteiger partial charge is 0.310 e. The molecule has 0 spiro atoms. The van der Waals surface area contributed by atoms with Crippen molar-refractivity contribution in [3.05, 3.63) is 97.9 Å². The lowest BCUT2D eigenvalue weighted by Crippen LogP contribution is -2.32. The van der Waals surface area contributed by atoms with Crippen LogP contribution in [0.15, 0.2) is 76.8 Å². The number of amides is 2. The van der Waals surface area contributed by atoms with Crippen LogP contribution >= 0.6 is 11.3 Å². The van der Waals surface area contributed by atoms with Gasteiger partial charge in [-0.3, -0.25) is 19.7 Å². The molecular weight excluding hydrogens is 420 g/mol. The lowest BCUT2D eigenvalue weighted by Gasteiger charge is -2.08. The quantitative estimate of drug-likeness (QED) is 0.226. The Hall–Kier alpha value is -4.31. The Morgan fingerprint density at radius 2 is 1.87 bits per heavy atom. The molecule has 0 saturated carbocycles. The zero-order valence-corrected chi connectivity index (χ0v) is 16.7. The van der Waals surface area contributed by atoms with Gasteiger partial charge in [0.1, 0.15) is 5.70 Å². The molecule has 1 aromatic heterocycles. The second-order valence-corrected chi connectivity index (χ2v) is 7.08. The first-order valence-corrected chi connectivity index (χ1v) is 9.74. The lowest BCUT2D eigenvalue weighted by atomic mass is 10.2. The first kappa shape index (κ1) is 21.4. The van der Waals surface area contributed by atoms with E-state index in [1.54, 1.807) is 36.4 Å². The highest BCUT2D eigenvalue weighted by Gasteiger charge is 2.15. The molecule has 9 nitrogen and oxygen atoms in total. The summed E-state index contributed by atoms with van der Waals surface area (Å²) in [6.45, 7) is 0. The zero-order valence-electron chi connectivity index (χ0n) is 15.9. The molecule has 1 heterocycles. The molecule has 3 aromatic rings. The average molecular weight is 436 g/mol. The molecule has 31 heavy (non-hydrogen) atoms. The van der Waals surface area contributed by atoms with Crippen molar-refractivity contribution < 1.29 is 19.6 Å². The van der Waals surface area contributed by atoms with Crippen LogP contribution in [0.25, 0.3) is 6.08 Å². The van der Waals surface area contributed by atoms with Crippen LogP contribution in [0.1, 0.15) is 20.8 Å². The van der Waals surface area contributed by atoms with Crippen molar-refractivity contribution in [2.24, 2.45) is 5.10 Å². The van der Waals surface area contributed by atoms with E-state index >= 15 is 0 Å². The first-order chi connectivity index (χ1) is 14.9. The summed E-state index contributed by atoms with van der Waals surface area (Å²) < 4.78 is 0. The Bertz CT molecular complexity index is 1160. The van der Waals surface area contributed by atoms with Crippen molar-refractivity contribution >= 4 is 41.1 Å². The summed E-state index contributed by atoms with van der Waals surface area (Å²) in [6, 6.07) is 15.7. The number of hydrogen-bond donors (Lipinski definition) is 3. The van der Waals surface area contributed by atoms with E-state index in [1.165, 1.54) is 29.7 Å². The minimum absolute atomic E-state index is 0.0139. The average Bonchev–Trinajstić information content (AvgIpc) is 3.26. The number of nitro groups is 1. The number of carbonyl (C=O) groups is 2. The van der Waals surface area contributed by atoms with E-state index in [0.29, 0.717) is 11.1 Å². The SMILES string of the molecule is O=C(NN=Cc1ccc([N+](=O)[O-])c(O)c1)/C(=C\c1cccs1)NC(=O)c1ccccc1. The first-order valence-electron chi connectivity index (χ1n) is 8.86. The molecule has 0 saturated heterocycles. The maximum Gasteiger partial charge on any atom is 0.310 e. The van der Waals surface area contributed by atoms with E-state index in [9.17, 15) is 24.8 Å². The summed E-state index contributed by atoms with van der Waals surface area (Å²) in [5.41, 5.74) is 2.56. The van der Waals surface area contributed by atoms with Gasteiger partial charge in [-0.25, -0.2) is 5.43 Å². The number of carbonyl (C=O) groups excluding carboxylic acids is 2. The topological polar surface area (TPSA) is 134 Å². The van der Waals surface area contributed by atoms with Gasteiger partial charge in [0.2, 0.25) is 0 Å². The summed E-state index contributed by atoms with van der Waals surface area (Å²) in [6.07, 6.45) is 2.73. The van der Waals surface area contributed by atoms with Crippen LogP contribution in [0, 0.1) is 10.1 Å². The van der Waals surface area contributed by atoms with Gasteiger partial charge in [-0.1, -0.05) is 24.3 Å². The van der Waals surface area contributed by atoms with Crippen LogP contribution in [-0.4, -0.2) is 28.1 Å². The molecule has 3 rings (SSSR count). The molecule has 2 aromatic carbocycles. The van der Waals surface area contributed by atoms with Gasteiger partial charge in [-0.15, -0.1) is 11.3 Å². The molecule has 10 heteroatoms. The van der Waals surface area contributed by atoms with Crippen molar-refractivity contribution in [3.63, 3.8) is 0 Å². The number of aromatic hydroxyl groups is 1. The number of nitro benzene ring substituents is 1. The number of hydrogen-bond acceptors (Lipinski definition) is 7. The van der Waals surface area contributed by atoms with Gasteiger partial charge >= 0.3 is 5.69 Å². The second kappa shape index (κ2) is 9.94. The summed E-state index contributed by atoms with van der Waals surface area (Å²) in [5.74, 6) is -1.64. The molecule has 2 amide bonds. The molecule has 0 radical (unpaired) electrons. The molecule has 156 valence electrons. The predicted molar refractivity (Wildman–Crippen MR) is 117 cm³/mol. The largest absolute Gasteiger partial charge is 0.502 e. The molecule has 0 atom stereocenters. The van der Waals surface area contributed by atoms with Crippen molar-refractivity contribution in [2.45, 2.75) is 0 Å². The molecule has 0 fully saturated rings. The third-order valence-corrected chi connectivity index (χ3v) is 4.75. The summed E-state index contributed by atoms with van der Waals surface area (Å²) in [4.78, 5) is 35.8. The molecule has 0 unspecified atom stereocenters. The molecule has 0 aliphatic carbocycles. The molecule has 0 aliphatic rings. The van der Waals surface area contributed by atoms with E-state index in [1.807, 2.05) is 11.4 Å². The van der Waals surface area contributed by atoms with E-state index in [2.05, 4.69) is 15.8 Å². The number of thiophene rings is 1. The lowest BCUT2D eigenvalue weighted by molar-refractivity contribution is -0.385. The summed E-state index contributed by atoms with van der Waals surface area (Å²) in [5, 5.41) is 28.6. The number of benzene rings is 2. The maximum atomic E-state index is 12.6. The van der Waals surface area contributed by atoms with E-state index in [0.717, 1.165) is 17.0 Å². The van der Waals surface area contributed by atoms with Gasteiger partial charge in [0.15, 0.2) is 5.75 Å². The van der Waals surface area contributed by atoms with Crippen LogP contribution in [0.5, 0.6) is 5.75 Å². The van der Waals surface area contributed by atoms with Gasteiger partial charge in [0.25, 0.3) is 11.8 Å². The van der Waals surface area contributed by atoms with Gasteiger partial charge in [0.05, 0.1) is 11.1 Å². The number of nitrogens with one attached hydrogen (secondary N) is 2. The molecule has 0 aliphatic heterocycles. The Labute approximate surface area is 180 Å². The van der Waals surface area contributed by atoms with Crippen LogP contribution in [0.4, 0.5) is 5.69 Å². The standard InChI is InChI=1S/C21H16N4O5S/c26-19-11-14(8-9-18(19)25(29)30)13-22-24-21(28)17(12-16-7-4-10-31-16)23-20(27)15-5-2-1-3-6-15/h1-13,26H,(H,23,27)(H,24,28)/b17-12+,22-13?. The number of phenols is 1. The Morgan fingerprint density at radius 3 is 2.52 bits per heavy atom. The minimum atomic E-state index is -0.713. The van der Waals surface area contributed by atoms with Gasteiger partial charge in [0, 0.05) is 16.5 Å². The predicted octanol–water partition coefficient (Wildman–Crippen LogP) is 3.28. The highest BCUT2D eigenvalue weighted by atomic mass is 32.1. The zero-order chi connectivity index (χ0) is 22.2. The van der Waals surface area contributed by atoms with Crippen molar-refractivity contribution in [3.8, 4) is 5.75 Å². The van der Waals surface area contributed by atoms with E-state index in [-0.39, 0.29) is 5.70 Å². The number of rotatable bonds is 7. The fourth-order valence-electron chi connectivity index (χ4n) is 2.46. The summed E-state index contributed by atoms with van der Waals surface area (Å²) >= 11 is 1.39. The third-order valence-electron chi connectivity index (χ3n) is 3.93. The monoisotopic (exact) mass is 436 g/mol. The second-order valence-electron chi connectivity index (χ2n) is 6.10. The maximum absolute atomic E-state index is 12.6. The van der Waals surface area contributed by atoms with E-state index in [4.69, 9.17) is 0 Å². The minimum Gasteiger partial charge on any atom is -0.502 e. The van der Waals surface area contributed by atoms with Crippen LogP contribution in [0.2, 0.25) is 0 Å². The molecule has 0 bridgehead atoms. The third kappa shape index (κ3) is 5.84. The number of nitrogens with zero attached hydrogens (tertiary/aromatic N) is 2. The van der Waals surface area contributed by atoms with Crippen molar-refractivity contribution in [1.29, 1.82) is 0 Å². The number of phenolic OH excluding ortho intramolecular Hbond substituents is 1. The Kier molecular flexibility index (Phi) is 6.86. The van der Waals surface area contributed by atoms with Crippen LogP contribution < -0.4 is 10.7 Å². The molecule has 3 N–H and O–H groups in total. The molecular formula is C21H16N4O5S. The van der Waals surface area contributed by atoms with Crippen molar-refractivity contribution in [2.75, 3.05) is 0 Å². The highest BCUT2D eigenvalue weighted by Crippen LogP contribution is 2.25. The fourth-order valence-corrected chi connectivity index (χ4v) is 3.12. The van der Waals surface area contributed by atoms with Gasteiger partial charge < -0.3 is 10.4 Å². The summed E-state index contributed by atoms with van der Waals surface area (Å²) in [7, 11) is 0. The highest BCUT2D eigenvalue weighted by molar-refractivity contribution is 7.10. The fraction of sp³-hybridized carbons (Fsp3) is 0. The Balaban J connectivity index is 1.74.